The SMILES string of the molecule is C=C(OC)[C@@H]1C[C@]2(C)C(=O)CCC2C2C(=O)c3occ4c3[C@@](C)(C21)[C@@H](C)OC4=O. The third-order valence-electron chi connectivity index (χ3n) is 8.61. The van der Waals surface area contributed by atoms with Crippen molar-refractivity contribution in [3.8, 4) is 0 Å². The number of ether oxygens (including phenoxy) is 2. The zero-order valence-electron chi connectivity index (χ0n) is 17.2. The van der Waals surface area contributed by atoms with Crippen molar-refractivity contribution in [2.45, 2.75) is 51.6 Å². The summed E-state index contributed by atoms with van der Waals surface area (Å²) in [4.78, 5) is 39.1. The summed E-state index contributed by atoms with van der Waals surface area (Å²) in [6.07, 6.45) is 2.69. The summed E-state index contributed by atoms with van der Waals surface area (Å²) in [6, 6.07) is 0. The molecule has 1 aliphatic heterocycles. The summed E-state index contributed by atoms with van der Waals surface area (Å²) in [7, 11) is 1.58. The Hall–Kier alpha value is -2.37. The van der Waals surface area contributed by atoms with Crippen LogP contribution >= 0.6 is 0 Å². The minimum atomic E-state index is -0.622. The quantitative estimate of drug-likeness (QED) is 0.558. The Balaban J connectivity index is 1.79. The zero-order chi connectivity index (χ0) is 20.9. The molecule has 1 aromatic rings. The van der Waals surface area contributed by atoms with Crippen molar-refractivity contribution in [3.05, 3.63) is 35.5 Å². The smallest absolute Gasteiger partial charge is 0.342 e. The van der Waals surface area contributed by atoms with Crippen LogP contribution in [0.4, 0.5) is 0 Å². The third-order valence-corrected chi connectivity index (χ3v) is 8.61. The lowest BCUT2D eigenvalue weighted by atomic mass is 9.44. The van der Waals surface area contributed by atoms with E-state index >= 15 is 0 Å². The molecule has 2 saturated carbocycles. The van der Waals surface area contributed by atoms with Crippen LogP contribution in [0, 0.1) is 29.1 Å². The average molecular weight is 398 g/mol. The largest absolute Gasteiger partial charge is 0.501 e. The Morgan fingerprint density at radius 3 is 2.69 bits per heavy atom. The second-order valence-corrected chi connectivity index (χ2v) is 9.57. The van der Waals surface area contributed by atoms with Gasteiger partial charge in [0.25, 0.3) is 0 Å². The fourth-order valence-corrected chi connectivity index (χ4v) is 6.99. The van der Waals surface area contributed by atoms with Gasteiger partial charge < -0.3 is 13.9 Å². The maximum absolute atomic E-state index is 13.7. The van der Waals surface area contributed by atoms with Crippen molar-refractivity contribution in [1.29, 1.82) is 0 Å². The molecule has 2 heterocycles. The first kappa shape index (κ1) is 18.6. The van der Waals surface area contributed by atoms with E-state index in [1.807, 2.05) is 13.8 Å². The molecular weight excluding hydrogens is 372 g/mol. The molecule has 0 N–H and O–H groups in total. The van der Waals surface area contributed by atoms with Gasteiger partial charge in [-0.1, -0.05) is 20.4 Å². The molecule has 2 fully saturated rings. The van der Waals surface area contributed by atoms with E-state index in [1.54, 1.807) is 7.11 Å². The molecule has 6 nitrogen and oxygen atoms in total. The van der Waals surface area contributed by atoms with E-state index in [0.717, 1.165) is 0 Å². The normalized spacial score (nSPS) is 42.6. The van der Waals surface area contributed by atoms with Crippen molar-refractivity contribution in [1.82, 2.24) is 0 Å². The van der Waals surface area contributed by atoms with E-state index in [0.29, 0.717) is 36.1 Å². The molecule has 3 aliphatic carbocycles. The molecule has 0 radical (unpaired) electrons. The van der Waals surface area contributed by atoms with E-state index in [4.69, 9.17) is 13.9 Å². The summed E-state index contributed by atoms with van der Waals surface area (Å²) in [5.74, 6) is -0.342. The number of esters is 1. The number of allylic oxidation sites excluding steroid dienone is 1. The second kappa shape index (κ2) is 5.61. The number of hydrogen-bond acceptors (Lipinski definition) is 6. The number of fused-ring (bicyclic) bond motifs is 4. The van der Waals surface area contributed by atoms with E-state index in [-0.39, 0.29) is 35.1 Å². The van der Waals surface area contributed by atoms with Crippen molar-refractivity contribution in [2.24, 2.45) is 29.1 Å². The fraction of sp³-hybridized carbons (Fsp3) is 0.609. The van der Waals surface area contributed by atoms with Crippen molar-refractivity contribution in [3.63, 3.8) is 0 Å². The predicted octanol–water partition coefficient (Wildman–Crippen LogP) is 3.69. The number of methoxy groups -OCH3 is 1. The Bertz CT molecular complexity index is 972. The highest BCUT2D eigenvalue weighted by molar-refractivity contribution is 6.05. The summed E-state index contributed by atoms with van der Waals surface area (Å²) < 4.78 is 17.0. The summed E-state index contributed by atoms with van der Waals surface area (Å²) in [5, 5.41) is 0. The van der Waals surface area contributed by atoms with Gasteiger partial charge in [0.2, 0.25) is 5.78 Å². The number of carbonyl (C=O) groups is 3. The van der Waals surface area contributed by atoms with E-state index in [9.17, 15) is 14.4 Å². The Morgan fingerprint density at radius 1 is 1.28 bits per heavy atom. The van der Waals surface area contributed by atoms with Crippen LogP contribution in [0.1, 0.15) is 66.5 Å². The minimum absolute atomic E-state index is 0.0586. The summed E-state index contributed by atoms with van der Waals surface area (Å²) in [6.45, 7) is 10.1. The van der Waals surface area contributed by atoms with Gasteiger partial charge in [0.15, 0.2) is 5.76 Å². The van der Waals surface area contributed by atoms with Crippen molar-refractivity contribution in [2.75, 3.05) is 7.11 Å². The highest BCUT2D eigenvalue weighted by Gasteiger charge is 2.68. The minimum Gasteiger partial charge on any atom is -0.501 e. The van der Waals surface area contributed by atoms with Crippen LogP contribution in [0.5, 0.6) is 0 Å². The highest BCUT2D eigenvalue weighted by Crippen LogP contribution is 2.65. The molecule has 6 heteroatoms. The molecule has 7 atom stereocenters. The predicted molar refractivity (Wildman–Crippen MR) is 102 cm³/mol. The first-order chi connectivity index (χ1) is 13.7. The number of cyclic esters (lactones) is 1. The summed E-state index contributed by atoms with van der Waals surface area (Å²) in [5.41, 5.74) is -0.205. The number of carbonyl (C=O) groups excluding carboxylic acids is 3. The molecule has 154 valence electrons. The molecule has 0 aromatic carbocycles. The van der Waals surface area contributed by atoms with Gasteiger partial charge in [-0.25, -0.2) is 4.79 Å². The zero-order valence-corrected chi connectivity index (χ0v) is 17.2. The molecular formula is C23H26O6. The first-order valence-electron chi connectivity index (χ1n) is 10.3. The van der Waals surface area contributed by atoms with Gasteiger partial charge in [0.05, 0.1) is 12.9 Å². The van der Waals surface area contributed by atoms with E-state index < -0.39 is 28.8 Å². The maximum atomic E-state index is 13.7. The van der Waals surface area contributed by atoms with Crippen molar-refractivity contribution >= 4 is 17.5 Å². The molecule has 29 heavy (non-hydrogen) atoms. The van der Waals surface area contributed by atoms with E-state index in [2.05, 4.69) is 13.5 Å². The lowest BCUT2D eigenvalue weighted by Crippen LogP contribution is -2.62. The van der Waals surface area contributed by atoms with Gasteiger partial charge in [-0.3, -0.25) is 9.59 Å². The number of ketones is 2. The van der Waals surface area contributed by atoms with Gasteiger partial charge in [-0.05, 0) is 31.6 Å². The number of Topliss-reactive ketones (excluding diaryl/α,β-unsaturated/α-hetero) is 2. The maximum Gasteiger partial charge on any atom is 0.342 e. The molecule has 0 amide bonds. The second-order valence-electron chi connectivity index (χ2n) is 9.57. The van der Waals surface area contributed by atoms with Gasteiger partial charge in [-0.2, -0.15) is 0 Å². The van der Waals surface area contributed by atoms with Crippen LogP contribution in [0.25, 0.3) is 0 Å². The lowest BCUT2D eigenvalue weighted by molar-refractivity contribution is -0.134. The number of hydrogen-bond donors (Lipinski definition) is 0. The Labute approximate surface area is 169 Å². The molecule has 5 rings (SSSR count). The molecule has 3 unspecified atom stereocenters. The van der Waals surface area contributed by atoms with E-state index in [1.165, 1.54) is 6.26 Å². The topological polar surface area (TPSA) is 82.8 Å². The third kappa shape index (κ3) is 2.00. The molecule has 4 aliphatic rings. The van der Waals surface area contributed by atoms with Crippen LogP contribution < -0.4 is 0 Å². The molecule has 0 saturated heterocycles. The lowest BCUT2D eigenvalue weighted by Gasteiger charge is -2.58. The Morgan fingerprint density at radius 2 is 2.00 bits per heavy atom. The average Bonchev–Trinajstić information content (AvgIpc) is 3.26. The van der Waals surface area contributed by atoms with Gasteiger partial charge in [0, 0.05) is 34.7 Å². The molecule has 1 aromatic heterocycles. The highest BCUT2D eigenvalue weighted by atomic mass is 16.5. The van der Waals surface area contributed by atoms with Crippen LogP contribution in [0.2, 0.25) is 0 Å². The number of rotatable bonds is 2. The summed E-state index contributed by atoms with van der Waals surface area (Å²) >= 11 is 0. The van der Waals surface area contributed by atoms with Gasteiger partial charge in [0.1, 0.15) is 23.7 Å². The van der Waals surface area contributed by atoms with Crippen LogP contribution in [-0.2, 0) is 19.7 Å². The van der Waals surface area contributed by atoms with Crippen molar-refractivity contribution < 1.29 is 28.3 Å². The van der Waals surface area contributed by atoms with Gasteiger partial charge in [-0.15, -0.1) is 0 Å². The van der Waals surface area contributed by atoms with Crippen LogP contribution in [0.3, 0.4) is 0 Å². The van der Waals surface area contributed by atoms with Gasteiger partial charge >= 0.3 is 5.97 Å². The Kier molecular flexibility index (Phi) is 3.61. The molecule has 0 spiro atoms. The standard InChI is InChI=1S/C23H26O6/c1-10(27-5)12-8-22(3)14(6-7-15(22)24)16-17(12)23(4)11(2)29-21(26)13-9-28-20(18(13)23)19(16)25/h9,11-12,14,16-17H,1,6-8H2,2-5H3/t11-,12+,14?,16?,17?,22+,23-/m1/s1. The van der Waals surface area contributed by atoms with Crippen LogP contribution in [0.15, 0.2) is 23.0 Å². The fourth-order valence-electron chi connectivity index (χ4n) is 6.99. The number of furan rings is 1. The monoisotopic (exact) mass is 398 g/mol. The van der Waals surface area contributed by atoms with Crippen LogP contribution in [-0.4, -0.2) is 30.7 Å². The first-order valence-corrected chi connectivity index (χ1v) is 10.3. The molecule has 0 bridgehead atoms.